The Morgan fingerprint density at radius 1 is 1.45 bits per heavy atom. The summed E-state index contributed by atoms with van der Waals surface area (Å²) in [6.45, 7) is 5.50. The van der Waals surface area contributed by atoms with Crippen LogP contribution in [0.5, 0.6) is 0 Å². The number of nitrogens with one attached hydrogen (secondary N) is 2. The Morgan fingerprint density at radius 3 is 2.90 bits per heavy atom. The van der Waals surface area contributed by atoms with Crippen molar-refractivity contribution >= 4 is 27.0 Å². The van der Waals surface area contributed by atoms with Crippen molar-refractivity contribution in [1.82, 2.24) is 15.1 Å². The Balaban J connectivity index is 2.00. The molecule has 2 N–H and O–H groups in total. The van der Waals surface area contributed by atoms with Crippen molar-refractivity contribution in [2.75, 3.05) is 11.3 Å². The third kappa shape index (κ3) is 4.06. The van der Waals surface area contributed by atoms with Crippen LogP contribution in [0.1, 0.15) is 13.8 Å². The number of aromatic nitrogens is 2. The number of hydrogen-bond donors (Lipinski definition) is 2. The van der Waals surface area contributed by atoms with Gasteiger partial charge in [0.05, 0.1) is 18.4 Å². The minimum absolute atomic E-state index is 0.174. The van der Waals surface area contributed by atoms with Crippen LogP contribution in [-0.2, 0) is 16.6 Å². The SMILES string of the molecule is CC(C)NCCn1cc(S(=O)(=O)Nc2ccsc2)cn1. The first-order valence-electron chi connectivity index (χ1n) is 6.28. The van der Waals surface area contributed by atoms with Crippen molar-refractivity contribution in [3.05, 3.63) is 29.2 Å². The Bertz CT molecular complexity index is 632. The van der Waals surface area contributed by atoms with Gasteiger partial charge in [-0.2, -0.15) is 16.4 Å². The van der Waals surface area contributed by atoms with Crippen LogP contribution < -0.4 is 10.0 Å². The average Bonchev–Trinajstić information content (AvgIpc) is 2.99. The molecule has 0 saturated heterocycles. The van der Waals surface area contributed by atoms with Crippen molar-refractivity contribution in [2.24, 2.45) is 0 Å². The molecular formula is C12H18N4O2S2. The van der Waals surface area contributed by atoms with Crippen LogP contribution >= 0.6 is 11.3 Å². The van der Waals surface area contributed by atoms with E-state index >= 15 is 0 Å². The summed E-state index contributed by atoms with van der Waals surface area (Å²) in [6.07, 6.45) is 2.90. The first kappa shape index (κ1) is 15.0. The maximum absolute atomic E-state index is 12.1. The van der Waals surface area contributed by atoms with Crippen molar-refractivity contribution in [3.63, 3.8) is 0 Å². The lowest BCUT2D eigenvalue weighted by Crippen LogP contribution is -2.26. The van der Waals surface area contributed by atoms with Gasteiger partial charge in [0.2, 0.25) is 0 Å². The monoisotopic (exact) mass is 314 g/mol. The molecule has 0 aromatic carbocycles. The molecule has 0 saturated carbocycles. The van der Waals surface area contributed by atoms with Crippen molar-refractivity contribution in [2.45, 2.75) is 31.3 Å². The fraction of sp³-hybridized carbons (Fsp3) is 0.417. The third-order valence-corrected chi connectivity index (χ3v) is 4.61. The molecule has 20 heavy (non-hydrogen) atoms. The maximum atomic E-state index is 12.1. The number of anilines is 1. The van der Waals surface area contributed by atoms with Crippen molar-refractivity contribution in [1.29, 1.82) is 0 Å². The molecule has 2 aromatic rings. The van der Waals surface area contributed by atoms with Crippen molar-refractivity contribution in [3.8, 4) is 0 Å². The molecule has 2 aromatic heterocycles. The van der Waals surface area contributed by atoms with Crippen LogP contribution in [0.3, 0.4) is 0 Å². The Hall–Kier alpha value is -1.38. The maximum Gasteiger partial charge on any atom is 0.265 e. The fourth-order valence-electron chi connectivity index (χ4n) is 1.61. The molecule has 0 amide bonds. The zero-order chi connectivity index (χ0) is 14.6. The second-order valence-electron chi connectivity index (χ2n) is 4.67. The lowest BCUT2D eigenvalue weighted by atomic mass is 10.4. The quantitative estimate of drug-likeness (QED) is 0.816. The number of thiophene rings is 1. The molecule has 0 atom stereocenters. The zero-order valence-electron chi connectivity index (χ0n) is 11.4. The Kier molecular flexibility index (Phi) is 4.79. The number of sulfonamides is 1. The topological polar surface area (TPSA) is 76.0 Å². The largest absolute Gasteiger partial charge is 0.313 e. The molecule has 8 heteroatoms. The van der Waals surface area contributed by atoms with Crippen molar-refractivity contribution < 1.29 is 8.42 Å². The second kappa shape index (κ2) is 6.38. The van der Waals surface area contributed by atoms with Gasteiger partial charge in [-0.05, 0) is 11.4 Å². The number of rotatable bonds is 7. The average molecular weight is 314 g/mol. The van der Waals surface area contributed by atoms with Crippen LogP contribution in [0.4, 0.5) is 5.69 Å². The van der Waals surface area contributed by atoms with Crippen LogP contribution in [0.15, 0.2) is 34.1 Å². The fourth-order valence-corrected chi connectivity index (χ4v) is 3.27. The molecule has 0 bridgehead atoms. The highest BCUT2D eigenvalue weighted by Gasteiger charge is 2.16. The van der Waals surface area contributed by atoms with Crippen LogP contribution in [0, 0.1) is 0 Å². The molecule has 0 spiro atoms. The predicted molar refractivity (Wildman–Crippen MR) is 80.5 cm³/mol. The highest BCUT2D eigenvalue weighted by molar-refractivity contribution is 7.92. The predicted octanol–water partition coefficient (Wildman–Crippen LogP) is 1.74. The van der Waals surface area contributed by atoms with Gasteiger partial charge in [-0.15, -0.1) is 0 Å². The van der Waals surface area contributed by atoms with E-state index in [1.54, 1.807) is 16.1 Å². The lowest BCUT2D eigenvalue weighted by molar-refractivity contribution is 0.515. The van der Waals surface area contributed by atoms with Gasteiger partial charge < -0.3 is 5.32 Å². The standard InChI is InChI=1S/C12H18N4O2S2/c1-10(2)13-4-5-16-8-12(7-14-16)20(17,18)15-11-3-6-19-9-11/h3,6-10,13,15H,4-5H2,1-2H3. The zero-order valence-corrected chi connectivity index (χ0v) is 13.0. The second-order valence-corrected chi connectivity index (χ2v) is 7.13. The normalized spacial score (nSPS) is 11.9. The van der Waals surface area contributed by atoms with Gasteiger partial charge in [-0.3, -0.25) is 9.40 Å². The van der Waals surface area contributed by atoms with Crippen LogP contribution in [-0.4, -0.2) is 30.8 Å². The molecular weight excluding hydrogens is 296 g/mol. The number of nitrogens with zero attached hydrogens (tertiary/aromatic N) is 2. The van der Waals surface area contributed by atoms with E-state index in [1.165, 1.54) is 23.7 Å². The van der Waals surface area contributed by atoms with E-state index in [1.807, 2.05) is 5.38 Å². The number of hydrogen-bond acceptors (Lipinski definition) is 5. The summed E-state index contributed by atoms with van der Waals surface area (Å²) >= 11 is 1.44. The minimum atomic E-state index is -3.55. The third-order valence-electron chi connectivity index (χ3n) is 2.59. The van der Waals surface area contributed by atoms with Gasteiger partial charge in [0.15, 0.2) is 0 Å². The van der Waals surface area contributed by atoms with Gasteiger partial charge in [0, 0.05) is 24.2 Å². The minimum Gasteiger partial charge on any atom is -0.313 e. The molecule has 0 unspecified atom stereocenters. The molecule has 0 radical (unpaired) electrons. The summed E-state index contributed by atoms with van der Waals surface area (Å²) in [5.74, 6) is 0. The van der Waals surface area contributed by atoms with Crippen LogP contribution in [0.2, 0.25) is 0 Å². The molecule has 2 heterocycles. The first-order chi connectivity index (χ1) is 9.47. The molecule has 0 aliphatic carbocycles. The van der Waals surface area contributed by atoms with E-state index in [4.69, 9.17) is 0 Å². The van der Waals surface area contributed by atoms with E-state index in [0.717, 1.165) is 6.54 Å². The first-order valence-corrected chi connectivity index (χ1v) is 8.71. The summed E-state index contributed by atoms with van der Waals surface area (Å²) in [5, 5.41) is 10.9. The van der Waals surface area contributed by atoms with E-state index in [0.29, 0.717) is 18.3 Å². The summed E-state index contributed by atoms with van der Waals surface area (Å²) in [4.78, 5) is 0.174. The molecule has 110 valence electrons. The Morgan fingerprint density at radius 2 is 2.25 bits per heavy atom. The summed E-state index contributed by atoms with van der Waals surface area (Å²) in [6, 6.07) is 2.12. The van der Waals surface area contributed by atoms with Gasteiger partial charge in [0.25, 0.3) is 10.0 Å². The lowest BCUT2D eigenvalue weighted by Gasteiger charge is -2.07. The van der Waals surface area contributed by atoms with Crippen LogP contribution in [0.25, 0.3) is 0 Å². The highest BCUT2D eigenvalue weighted by Crippen LogP contribution is 2.17. The highest BCUT2D eigenvalue weighted by atomic mass is 32.2. The summed E-state index contributed by atoms with van der Waals surface area (Å²) < 4.78 is 28.4. The van der Waals surface area contributed by atoms with Gasteiger partial charge in [0.1, 0.15) is 4.90 Å². The summed E-state index contributed by atoms with van der Waals surface area (Å²) in [7, 11) is -3.55. The van der Waals surface area contributed by atoms with E-state index in [9.17, 15) is 8.42 Å². The van der Waals surface area contributed by atoms with E-state index in [-0.39, 0.29) is 4.90 Å². The Labute approximate surface area is 122 Å². The van der Waals surface area contributed by atoms with E-state index in [2.05, 4.69) is 29.0 Å². The molecule has 6 nitrogen and oxygen atoms in total. The van der Waals surface area contributed by atoms with E-state index < -0.39 is 10.0 Å². The van der Waals surface area contributed by atoms with Gasteiger partial charge in [-0.1, -0.05) is 13.8 Å². The van der Waals surface area contributed by atoms with Gasteiger partial charge in [-0.25, -0.2) is 8.42 Å². The molecule has 0 aliphatic heterocycles. The summed E-state index contributed by atoms with van der Waals surface area (Å²) in [5.41, 5.74) is 0.573. The molecule has 2 rings (SSSR count). The van der Waals surface area contributed by atoms with Gasteiger partial charge >= 0.3 is 0 Å². The molecule has 0 fully saturated rings. The smallest absolute Gasteiger partial charge is 0.265 e. The molecule has 0 aliphatic rings.